The number of quaternary nitrogens is 1. The number of methoxy groups -OCH3 is 2. The number of nitrogens with two attached hydrogens (primary N) is 1. The molecule has 0 spiro atoms. The summed E-state index contributed by atoms with van der Waals surface area (Å²) in [5.74, 6) is 2.98. The summed E-state index contributed by atoms with van der Waals surface area (Å²) >= 11 is 0. The summed E-state index contributed by atoms with van der Waals surface area (Å²) in [7, 11) is 3.44. The molecule has 2 atom stereocenters. The van der Waals surface area contributed by atoms with Gasteiger partial charge in [-0.2, -0.15) is 0 Å². The van der Waals surface area contributed by atoms with Crippen molar-refractivity contribution in [2.24, 2.45) is 0 Å². The van der Waals surface area contributed by atoms with Crippen molar-refractivity contribution in [2.75, 3.05) is 20.8 Å². The maximum Gasteiger partial charge on any atom is 0.122 e. The summed E-state index contributed by atoms with van der Waals surface area (Å²) in [6.45, 7) is 7.34. The van der Waals surface area contributed by atoms with Gasteiger partial charge < -0.3 is 19.5 Å². The van der Waals surface area contributed by atoms with Crippen molar-refractivity contribution in [1.82, 2.24) is 0 Å². The van der Waals surface area contributed by atoms with Crippen LogP contribution in [-0.2, 0) is 0 Å². The lowest BCUT2D eigenvalue weighted by Gasteiger charge is -2.21. The van der Waals surface area contributed by atoms with Gasteiger partial charge in [0.2, 0.25) is 0 Å². The van der Waals surface area contributed by atoms with E-state index in [1.165, 1.54) is 16.7 Å². The molecule has 0 aliphatic carbocycles. The number of rotatable bonds is 11. The maximum atomic E-state index is 5.84. The third-order valence-corrected chi connectivity index (χ3v) is 5.79. The summed E-state index contributed by atoms with van der Waals surface area (Å²) < 4.78 is 16.8. The zero-order valence-corrected chi connectivity index (χ0v) is 19.9. The van der Waals surface area contributed by atoms with E-state index in [-0.39, 0.29) is 12.0 Å². The normalized spacial score (nSPS) is 12.9. The third kappa shape index (κ3) is 6.27. The van der Waals surface area contributed by atoms with Crippen LogP contribution < -0.4 is 19.5 Å². The molecule has 0 unspecified atom stereocenters. The van der Waals surface area contributed by atoms with E-state index in [9.17, 15) is 0 Å². The first kappa shape index (κ1) is 23.7. The summed E-state index contributed by atoms with van der Waals surface area (Å²) in [5, 5.41) is 2.40. The number of benzene rings is 3. The van der Waals surface area contributed by atoms with Crippen molar-refractivity contribution in [3.8, 4) is 17.2 Å². The minimum absolute atomic E-state index is 0.167. The molecule has 0 heterocycles. The van der Waals surface area contributed by atoms with Crippen LogP contribution in [0.4, 0.5) is 0 Å². The van der Waals surface area contributed by atoms with Gasteiger partial charge in [-0.05, 0) is 68.8 Å². The minimum atomic E-state index is 0.167. The van der Waals surface area contributed by atoms with Crippen LogP contribution in [0.25, 0.3) is 0 Å². The van der Waals surface area contributed by atoms with E-state index in [1.54, 1.807) is 14.2 Å². The van der Waals surface area contributed by atoms with Crippen LogP contribution in [0, 0.1) is 0 Å². The van der Waals surface area contributed by atoms with Crippen molar-refractivity contribution < 1.29 is 19.5 Å². The number of hydrogen-bond donors (Lipinski definition) is 1. The van der Waals surface area contributed by atoms with Crippen LogP contribution in [0.15, 0.2) is 72.8 Å². The Morgan fingerprint density at radius 2 is 1.34 bits per heavy atom. The molecule has 0 bridgehead atoms. The minimum Gasteiger partial charge on any atom is -0.497 e. The van der Waals surface area contributed by atoms with Crippen molar-refractivity contribution in [3.05, 3.63) is 89.5 Å². The number of hydrogen-bond acceptors (Lipinski definition) is 3. The highest BCUT2D eigenvalue weighted by Gasteiger charge is 2.20. The molecule has 0 amide bonds. The quantitative estimate of drug-likeness (QED) is 0.443. The van der Waals surface area contributed by atoms with Crippen LogP contribution >= 0.6 is 0 Å². The van der Waals surface area contributed by atoms with Crippen LogP contribution in [0.1, 0.15) is 55.8 Å². The van der Waals surface area contributed by atoms with Crippen molar-refractivity contribution >= 4 is 0 Å². The highest BCUT2D eigenvalue weighted by molar-refractivity contribution is 5.43. The summed E-state index contributed by atoms with van der Waals surface area (Å²) in [4.78, 5) is 0. The van der Waals surface area contributed by atoms with E-state index in [4.69, 9.17) is 14.2 Å². The second kappa shape index (κ2) is 11.6. The van der Waals surface area contributed by atoms with Crippen LogP contribution in [-0.4, -0.2) is 26.9 Å². The topological polar surface area (TPSA) is 44.3 Å². The van der Waals surface area contributed by atoms with Gasteiger partial charge in [-0.25, -0.2) is 0 Å². The van der Waals surface area contributed by atoms with E-state index in [1.807, 2.05) is 38.1 Å². The molecule has 0 saturated heterocycles. The molecule has 0 radical (unpaired) electrons. The van der Waals surface area contributed by atoms with Gasteiger partial charge in [0.15, 0.2) is 0 Å². The van der Waals surface area contributed by atoms with E-state index in [0.717, 1.165) is 30.2 Å². The lowest BCUT2D eigenvalue weighted by atomic mass is 9.87. The highest BCUT2D eigenvalue weighted by Crippen LogP contribution is 2.34. The Bertz CT molecular complexity index is 951. The Labute approximate surface area is 192 Å². The maximum absolute atomic E-state index is 5.84. The molecular formula is C28H36NO3+. The molecular weight excluding hydrogens is 398 g/mol. The first-order chi connectivity index (χ1) is 15.5. The Morgan fingerprint density at radius 3 is 1.97 bits per heavy atom. The van der Waals surface area contributed by atoms with Gasteiger partial charge in [-0.1, -0.05) is 30.3 Å². The van der Waals surface area contributed by atoms with Gasteiger partial charge in [-0.3, -0.25) is 0 Å². The van der Waals surface area contributed by atoms with Gasteiger partial charge >= 0.3 is 0 Å². The lowest BCUT2D eigenvalue weighted by Crippen LogP contribution is -2.84. The van der Waals surface area contributed by atoms with E-state index < -0.39 is 0 Å². The molecule has 0 saturated carbocycles. The molecule has 0 aliphatic rings. The predicted octanol–water partition coefficient (Wildman–Crippen LogP) is 5.34. The first-order valence-corrected chi connectivity index (χ1v) is 11.4. The summed E-state index contributed by atoms with van der Waals surface area (Å²) in [6.07, 6.45) is 1.17. The SMILES string of the molecule is COc1ccc([C@@H](C)[NH2+]CC[C@H](c2ccc(OC(C)C)cc2)c2ccccc2OC)cc1. The Balaban J connectivity index is 1.75. The van der Waals surface area contributed by atoms with Crippen molar-refractivity contribution in [1.29, 1.82) is 0 Å². The molecule has 3 aromatic rings. The van der Waals surface area contributed by atoms with Gasteiger partial charge in [0.05, 0.1) is 26.9 Å². The Kier molecular flexibility index (Phi) is 8.57. The van der Waals surface area contributed by atoms with Gasteiger partial charge in [0, 0.05) is 23.5 Å². The molecule has 3 rings (SSSR count). The number of ether oxygens (including phenoxy) is 3. The fourth-order valence-electron chi connectivity index (χ4n) is 4.06. The molecule has 0 aromatic heterocycles. The Hall–Kier alpha value is -2.98. The molecule has 32 heavy (non-hydrogen) atoms. The van der Waals surface area contributed by atoms with Crippen molar-refractivity contribution in [3.63, 3.8) is 0 Å². The summed E-state index contributed by atoms with van der Waals surface area (Å²) in [5.41, 5.74) is 3.80. The molecule has 3 aromatic carbocycles. The third-order valence-electron chi connectivity index (χ3n) is 5.79. The average Bonchev–Trinajstić information content (AvgIpc) is 2.82. The molecule has 170 valence electrons. The highest BCUT2D eigenvalue weighted by atomic mass is 16.5. The second-order valence-corrected chi connectivity index (χ2v) is 8.41. The van der Waals surface area contributed by atoms with E-state index in [0.29, 0.717) is 6.04 Å². The monoisotopic (exact) mass is 434 g/mol. The molecule has 4 heteroatoms. The Morgan fingerprint density at radius 1 is 0.719 bits per heavy atom. The molecule has 0 fully saturated rings. The smallest absolute Gasteiger partial charge is 0.122 e. The van der Waals surface area contributed by atoms with Gasteiger partial charge in [0.1, 0.15) is 23.3 Å². The fraction of sp³-hybridized carbons (Fsp3) is 0.357. The van der Waals surface area contributed by atoms with Crippen LogP contribution in [0.3, 0.4) is 0 Å². The lowest BCUT2D eigenvalue weighted by molar-refractivity contribution is -0.693. The summed E-state index contributed by atoms with van der Waals surface area (Å²) in [6, 6.07) is 25.6. The average molecular weight is 435 g/mol. The fourth-order valence-corrected chi connectivity index (χ4v) is 4.06. The molecule has 0 aliphatic heterocycles. The number of para-hydroxylation sites is 1. The standard InChI is InChI=1S/C28H35NO3/c1-20(2)32-25-16-12-23(13-17-25)26(27-8-6-7-9-28(27)31-5)18-19-29-21(3)22-10-14-24(30-4)15-11-22/h6-17,20-21,26,29H,18-19H2,1-5H3/p+1/t21-,26-/m1/s1. The zero-order chi connectivity index (χ0) is 22.9. The van der Waals surface area contributed by atoms with Gasteiger partial charge in [0.25, 0.3) is 0 Å². The predicted molar refractivity (Wildman–Crippen MR) is 130 cm³/mol. The zero-order valence-electron chi connectivity index (χ0n) is 19.9. The van der Waals surface area contributed by atoms with Crippen LogP contribution in [0.2, 0.25) is 0 Å². The largest absolute Gasteiger partial charge is 0.497 e. The van der Waals surface area contributed by atoms with Crippen molar-refractivity contribution in [2.45, 2.75) is 45.3 Å². The molecule has 2 N–H and O–H groups in total. The van der Waals surface area contributed by atoms with Crippen LogP contribution in [0.5, 0.6) is 17.2 Å². The van der Waals surface area contributed by atoms with E-state index in [2.05, 4.69) is 60.8 Å². The first-order valence-electron chi connectivity index (χ1n) is 11.4. The van der Waals surface area contributed by atoms with Gasteiger partial charge in [-0.15, -0.1) is 0 Å². The second-order valence-electron chi connectivity index (χ2n) is 8.41. The van der Waals surface area contributed by atoms with E-state index >= 15 is 0 Å². The molecule has 4 nitrogen and oxygen atoms in total.